The monoisotopic (exact) mass is 672 g/mol. The molecule has 0 saturated heterocycles. The van der Waals surface area contributed by atoms with Gasteiger partial charge < -0.3 is 33.2 Å². The van der Waals surface area contributed by atoms with Crippen molar-refractivity contribution in [3.8, 4) is 17.2 Å². The molecule has 0 saturated carbocycles. The van der Waals surface area contributed by atoms with Crippen LogP contribution in [0, 0.1) is 6.92 Å². The molecule has 1 unspecified atom stereocenters. The van der Waals surface area contributed by atoms with Crippen LogP contribution in [0.4, 0.5) is 8.78 Å². The molecule has 0 amide bonds. The quantitative estimate of drug-likeness (QED) is 0.0723. The maximum atomic E-state index is 14.0. The summed E-state index contributed by atoms with van der Waals surface area (Å²) in [5.41, 5.74) is 0. The molecule has 3 aromatic carbocycles. The number of hydrogen-bond donors (Lipinski definition) is 1. The van der Waals surface area contributed by atoms with E-state index in [-0.39, 0.29) is 5.75 Å². The predicted octanol–water partition coefficient (Wildman–Crippen LogP) is 4.93. The fourth-order valence-corrected chi connectivity index (χ4v) is 6.15. The molecule has 14 heteroatoms. The van der Waals surface area contributed by atoms with Crippen molar-refractivity contribution in [1.82, 2.24) is 0 Å². The molecule has 0 spiro atoms. The average Bonchev–Trinajstić information content (AvgIpc) is 3.02. The third kappa shape index (κ3) is 11.3. The fourth-order valence-electron chi connectivity index (χ4n) is 3.73. The predicted molar refractivity (Wildman–Crippen MR) is 164 cm³/mol. The molecule has 3 aromatic rings. The lowest BCUT2D eigenvalue weighted by Crippen LogP contribution is -2.42. The first-order valence-electron chi connectivity index (χ1n) is 13.8. The third-order valence-corrected chi connectivity index (χ3v) is 9.21. The summed E-state index contributed by atoms with van der Waals surface area (Å²) in [6.07, 6.45) is -2.37. The van der Waals surface area contributed by atoms with Crippen molar-refractivity contribution in [3.63, 3.8) is 0 Å². The van der Waals surface area contributed by atoms with Crippen LogP contribution >= 0.6 is 0 Å². The van der Waals surface area contributed by atoms with Crippen molar-refractivity contribution in [1.29, 1.82) is 0 Å². The van der Waals surface area contributed by atoms with Gasteiger partial charge in [0.15, 0.2) is 14.7 Å². The highest BCUT2D eigenvalue weighted by Crippen LogP contribution is 2.35. The van der Waals surface area contributed by atoms with Crippen LogP contribution in [0.25, 0.3) is 0 Å². The molecule has 0 aliphatic rings. The normalized spacial score (nSPS) is 12.7. The lowest BCUT2D eigenvalue weighted by Gasteiger charge is -2.17. The van der Waals surface area contributed by atoms with Gasteiger partial charge in [0.05, 0.1) is 50.5 Å². The van der Waals surface area contributed by atoms with Gasteiger partial charge in [-0.2, -0.15) is 17.2 Å². The first-order valence-corrected chi connectivity index (χ1v) is 16.5. The number of ether oxygens (including phenoxy) is 7. The largest absolute Gasteiger partial charge is 0.491 e. The molecule has 45 heavy (non-hydrogen) atoms. The number of alkyl halides is 2. The van der Waals surface area contributed by atoms with Crippen molar-refractivity contribution in [2.75, 3.05) is 67.1 Å². The molecule has 0 fully saturated rings. The van der Waals surface area contributed by atoms with Crippen LogP contribution < -0.4 is 14.2 Å². The van der Waals surface area contributed by atoms with Gasteiger partial charge in [-0.05, 0) is 72.8 Å². The Balaban J connectivity index is 1.77. The lowest BCUT2D eigenvalue weighted by molar-refractivity contribution is -0.0108. The lowest BCUT2D eigenvalue weighted by atomic mass is 10.3. The van der Waals surface area contributed by atoms with Gasteiger partial charge in [0.25, 0.3) is 0 Å². The second kappa shape index (κ2) is 18.1. The summed E-state index contributed by atoms with van der Waals surface area (Å²) < 4.78 is 96.3. The van der Waals surface area contributed by atoms with Crippen LogP contribution in [0.3, 0.4) is 0 Å². The molecule has 1 N–H and O–H groups in total. The van der Waals surface area contributed by atoms with Gasteiger partial charge >= 0.3 is 21.5 Å². The molecule has 0 aliphatic heterocycles. The molecule has 10 nitrogen and oxygen atoms in total. The highest BCUT2D eigenvalue weighted by molar-refractivity contribution is 7.97. The van der Waals surface area contributed by atoms with Crippen LogP contribution in [0.2, 0.25) is 0 Å². The average molecular weight is 673 g/mol. The Hall–Kier alpha value is -3.11. The molecule has 0 radical (unpaired) electrons. The van der Waals surface area contributed by atoms with Crippen LogP contribution in [0.1, 0.15) is 0 Å². The molecule has 0 heterocycles. The van der Waals surface area contributed by atoms with Crippen LogP contribution in [-0.4, -0.2) is 91.4 Å². The van der Waals surface area contributed by atoms with E-state index in [1.807, 2.05) is 48.5 Å². The molecule has 3 rings (SSSR count). The fraction of sp³-hybridized carbons (Fsp3) is 0.387. The van der Waals surface area contributed by atoms with Crippen molar-refractivity contribution in [3.05, 3.63) is 79.7 Å². The molecule has 0 bridgehead atoms. The Labute approximate surface area is 265 Å². The molecular weight excluding hydrogens is 634 g/mol. The van der Waals surface area contributed by atoms with Crippen molar-refractivity contribution in [2.24, 2.45) is 0 Å². The highest BCUT2D eigenvalue weighted by atomic mass is 32.2. The zero-order valence-electron chi connectivity index (χ0n) is 25.1. The van der Waals surface area contributed by atoms with Gasteiger partial charge in [0, 0.05) is 14.2 Å². The Morgan fingerprint density at radius 2 is 1.02 bits per heavy atom. The van der Waals surface area contributed by atoms with Crippen molar-refractivity contribution < 1.29 is 54.9 Å². The van der Waals surface area contributed by atoms with Gasteiger partial charge in [-0.1, -0.05) is 0 Å². The van der Waals surface area contributed by atoms with Gasteiger partial charge in [-0.15, -0.1) is 0 Å². The number of rotatable bonds is 21. The van der Waals surface area contributed by atoms with Gasteiger partial charge in [0.2, 0.25) is 0 Å². The van der Waals surface area contributed by atoms with Gasteiger partial charge in [-0.25, -0.2) is 0 Å². The van der Waals surface area contributed by atoms with Crippen LogP contribution in [0.5, 0.6) is 17.2 Å². The van der Waals surface area contributed by atoms with Gasteiger partial charge in [-0.3, -0.25) is 4.55 Å². The minimum Gasteiger partial charge on any atom is -0.491 e. The first kappa shape index (κ1) is 36.4. The number of methoxy groups -OCH3 is 2. The SMILES string of the molecule is [CH2+]C(Oc1ccc([S+](c2ccc(OCCOCCOC)cc2)c2ccc(OCCOCCOC)cc2)cc1)C(F)(F)S(=O)(=O)O. The third-order valence-electron chi connectivity index (χ3n) is 6.03. The highest BCUT2D eigenvalue weighted by Gasteiger charge is 2.56. The van der Waals surface area contributed by atoms with E-state index >= 15 is 0 Å². The minimum atomic E-state index is -5.71. The van der Waals surface area contributed by atoms with E-state index in [9.17, 15) is 17.2 Å². The minimum absolute atomic E-state index is 0.0430. The number of hydrogen-bond acceptors (Lipinski definition) is 9. The van der Waals surface area contributed by atoms with Gasteiger partial charge in [0.1, 0.15) is 37.4 Å². The Morgan fingerprint density at radius 1 is 0.667 bits per heavy atom. The topological polar surface area (TPSA) is 119 Å². The Kier molecular flexibility index (Phi) is 14.7. The summed E-state index contributed by atoms with van der Waals surface area (Å²) in [5, 5.41) is -4.59. The zero-order valence-corrected chi connectivity index (χ0v) is 26.7. The first-order chi connectivity index (χ1) is 21.6. The van der Waals surface area contributed by atoms with Crippen LogP contribution in [-0.2, 0) is 40.0 Å². The number of benzene rings is 3. The van der Waals surface area contributed by atoms with E-state index in [4.69, 9.17) is 37.7 Å². The summed E-state index contributed by atoms with van der Waals surface area (Å²) in [6.45, 7) is 6.62. The van der Waals surface area contributed by atoms with E-state index in [1.54, 1.807) is 26.4 Å². The summed E-state index contributed by atoms with van der Waals surface area (Å²) in [7, 11) is -3.15. The smallest absolute Gasteiger partial charge is 0.448 e. The standard InChI is InChI=1S/C31H37F2O10S2/c1-24(31(32,33)45(34,35)36)43-27-8-14-30(15-9-27)44(28-10-4-25(5-11-28)41-22-20-39-18-16-37-2)29-12-6-26(7-13-29)42-23-21-40-19-17-38-3/h4-15,24H,1,16-23H2,2-3H3/q+1/p+1. The number of halogens is 2. The summed E-state index contributed by atoms with van der Waals surface area (Å²) in [5.74, 6) is 1.29. The van der Waals surface area contributed by atoms with Crippen molar-refractivity contribution >= 4 is 21.0 Å². The van der Waals surface area contributed by atoms with E-state index in [0.717, 1.165) is 14.7 Å². The molecule has 0 aliphatic carbocycles. The van der Waals surface area contributed by atoms with E-state index < -0.39 is 32.4 Å². The van der Waals surface area contributed by atoms with E-state index in [0.29, 0.717) is 64.4 Å². The second-order valence-corrected chi connectivity index (χ2v) is 12.8. The van der Waals surface area contributed by atoms with Crippen molar-refractivity contribution in [2.45, 2.75) is 26.0 Å². The van der Waals surface area contributed by atoms with Crippen LogP contribution in [0.15, 0.2) is 87.5 Å². The maximum Gasteiger partial charge on any atom is 0.448 e. The van der Waals surface area contributed by atoms with E-state index in [1.165, 1.54) is 12.1 Å². The summed E-state index contributed by atoms with van der Waals surface area (Å²) in [6, 6.07) is 21.4. The summed E-state index contributed by atoms with van der Waals surface area (Å²) >= 11 is 0. The molecule has 0 aromatic heterocycles. The molecule has 1 atom stereocenters. The zero-order chi connectivity index (χ0) is 32.7. The van der Waals surface area contributed by atoms with E-state index in [2.05, 4.69) is 6.92 Å². The summed E-state index contributed by atoms with van der Waals surface area (Å²) in [4.78, 5) is 2.71. The Bertz CT molecular complexity index is 1310. The second-order valence-electron chi connectivity index (χ2n) is 9.27. The molecule has 246 valence electrons. The molecular formula is C31H38F2O10S2+2. The maximum absolute atomic E-state index is 14.0. The Morgan fingerprint density at radius 3 is 1.38 bits per heavy atom.